The number of ether oxygens (including phenoxy) is 1. The van der Waals surface area contributed by atoms with Gasteiger partial charge in [0.15, 0.2) is 0 Å². The first-order chi connectivity index (χ1) is 9.63. The van der Waals surface area contributed by atoms with Gasteiger partial charge in [-0.05, 0) is 12.5 Å². The predicted molar refractivity (Wildman–Crippen MR) is 71.8 cm³/mol. The Morgan fingerprint density at radius 1 is 1.45 bits per heavy atom. The molecule has 20 heavy (non-hydrogen) atoms. The highest BCUT2D eigenvalue weighted by Crippen LogP contribution is 2.15. The van der Waals surface area contributed by atoms with Gasteiger partial charge in [-0.3, -0.25) is 14.3 Å². The summed E-state index contributed by atoms with van der Waals surface area (Å²) in [6.45, 7) is 3.86. The number of amides is 2. The largest absolute Gasteiger partial charge is 0.378 e. The molecule has 1 saturated heterocycles. The zero-order valence-electron chi connectivity index (χ0n) is 11.8. The van der Waals surface area contributed by atoms with Gasteiger partial charge in [-0.15, -0.1) is 0 Å². The van der Waals surface area contributed by atoms with Crippen molar-refractivity contribution in [2.45, 2.75) is 19.4 Å². The fraction of sp³-hybridized carbons (Fsp3) is 0.615. The summed E-state index contributed by atoms with van der Waals surface area (Å²) in [4.78, 5) is 25.6. The molecule has 1 aliphatic heterocycles. The minimum Gasteiger partial charge on any atom is -0.378 e. The van der Waals surface area contributed by atoms with E-state index in [0.29, 0.717) is 32.7 Å². The number of aryl methyl sites for hydroxylation is 1. The van der Waals surface area contributed by atoms with E-state index in [-0.39, 0.29) is 6.04 Å². The Labute approximate surface area is 117 Å². The Morgan fingerprint density at radius 3 is 2.70 bits per heavy atom. The third kappa shape index (κ3) is 3.16. The first kappa shape index (κ1) is 14.5. The highest BCUT2D eigenvalue weighted by Gasteiger charge is 2.26. The van der Waals surface area contributed by atoms with Gasteiger partial charge in [0.1, 0.15) is 0 Å². The highest BCUT2D eigenvalue weighted by molar-refractivity contribution is 6.35. The van der Waals surface area contributed by atoms with Crippen molar-refractivity contribution >= 4 is 11.8 Å². The molecule has 1 aliphatic rings. The maximum absolute atomic E-state index is 12.0. The standard InChI is InChI=1S/C13H20N4O3/c1-3-10(11-4-5-14-16(11)2)15-12(18)13(19)17-6-8-20-9-7-17/h4-5,10H,3,6-9H2,1-2H3,(H,15,18)/t10-/m1/s1. The number of nitrogens with one attached hydrogen (secondary N) is 1. The van der Waals surface area contributed by atoms with Gasteiger partial charge in [0.25, 0.3) is 0 Å². The number of aromatic nitrogens is 2. The highest BCUT2D eigenvalue weighted by atomic mass is 16.5. The molecule has 0 aromatic carbocycles. The Balaban J connectivity index is 1.98. The van der Waals surface area contributed by atoms with E-state index in [4.69, 9.17) is 4.74 Å². The van der Waals surface area contributed by atoms with Crippen LogP contribution in [0.1, 0.15) is 25.1 Å². The molecule has 0 spiro atoms. The van der Waals surface area contributed by atoms with E-state index in [1.807, 2.05) is 20.0 Å². The first-order valence-electron chi connectivity index (χ1n) is 6.79. The molecule has 0 aliphatic carbocycles. The van der Waals surface area contributed by atoms with E-state index in [1.165, 1.54) is 4.90 Å². The monoisotopic (exact) mass is 280 g/mol. The molecule has 1 aromatic rings. The SMILES string of the molecule is CC[C@@H](NC(=O)C(=O)N1CCOCC1)c1ccnn1C. The summed E-state index contributed by atoms with van der Waals surface area (Å²) in [6, 6.07) is 1.63. The maximum Gasteiger partial charge on any atom is 0.312 e. The van der Waals surface area contributed by atoms with Crippen LogP contribution >= 0.6 is 0 Å². The summed E-state index contributed by atoms with van der Waals surface area (Å²) >= 11 is 0. The molecule has 2 heterocycles. The van der Waals surface area contributed by atoms with E-state index < -0.39 is 11.8 Å². The van der Waals surface area contributed by atoms with Gasteiger partial charge in [-0.25, -0.2) is 0 Å². The topological polar surface area (TPSA) is 76.5 Å². The molecule has 0 radical (unpaired) electrons. The second-order valence-electron chi connectivity index (χ2n) is 4.72. The molecule has 0 unspecified atom stereocenters. The lowest BCUT2D eigenvalue weighted by molar-refractivity contribution is -0.148. The van der Waals surface area contributed by atoms with E-state index in [9.17, 15) is 9.59 Å². The number of carbonyl (C=O) groups excluding carboxylic acids is 2. The van der Waals surface area contributed by atoms with Gasteiger partial charge >= 0.3 is 11.8 Å². The average molecular weight is 280 g/mol. The van der Waals surface area contributed by atoms with Gasteiger partial charge in [-0.2, -0.15) is 5.10 Å². The van der Waals surface area contributed by atoms with E-state index in [0.717, 1.165) is 5.69 Å². The van der Waals surface area contributed by atoms with Crippen molar-refractivity contribution in [3.05, 3.63) is 18.0 Å². The molecule has 0 bridgehead atoms. The van der Waals surface area contributed by atoms with Crippen molar-refractivity contribution in [2.24, 2.45) is 7.05 Å². The van der Waals surface area contributed by atoms with E-state index >= 15 is 0 Å². The molecule has 2 amide bonds. The van der Waals surface area contributed by atoms with Crippen LogP contribution in [0.25, 0.3) is 0 Å². The second kappa shape index (κ2) is 6.51. The minimum absolute atomic E-state index is 0.208. The number of hydrogen-bond donors (Lipinski definition) is 1. The van der Waals surface area contributed by atoms with Crippen LogP contribution in [0.4, 0.5) is 0 Å². The molecular weight excluding hydrogens is 260 g/mol. The fourth-order valence-electron chi connectivity index (χ4n) is 2.24. The third-order valence-corrected chi connectivity index (χ3v) is 3.42. The summed E-state index contributed by atoms with van der Waals surface area (Å²) in [5, 5.41) is 6.86. The lowest BCUT2D eigenvalue weighted by Crippen LogP contribution is -2.48. The van der Waals surface area contributed by atoms with Crippen LogP contribution < -0.4 is 5.32 Å². The van der Waals surface area contributed by atoms with Crippen LogP contribution in [-0.4, -0.2) is 52.8 Å². The molecule has 1 fully saturated rings. The van der Waals surface area contributed by atoms with Gasteiger partial charge < -0.3 is 15.0 Å². The molecule has 110 valence electrons. The normalized spacial score (nSPS) is 16.8. The van der Waals surface area contributed by atoms with Crippen molar-refractivity contribution in [1.82, 2.24) is 20.0 Å². The zero-order valence-corrected chi connectivity index (χ0v) is 11.8. The van der Waals surface area contributed by atoms with Gasteiger partial charge in [0, 0.05) is 26.3 Å². The second-order valence-corrected chi connectivity index (χ2v) is 4.72. The molecule has 7 heteroatoms. The number of carbonyl (C=O) groups is 2. The number of hydrogen-bond acceptors (Lipinski definition) is 4. The van der Waals surface area contributed by atoms with E-state index in [2.05, 4.69) is 10.4 Å². The molecule has 0 saturated carbocycles. The molecule has 2 rings (SSSR count). The smallest absolute Gasteiger partial charge is 0.312 e. The summed E-state index contributed by atoms with van der Waals surface area (Å²) in [6.07, 6.45) is 2.37. The lowest BCUT2D eigenvalue weighted by Gasteiger charge is -2.27. The van der Waals surface area contributed by atoms with Crippen LogP contribution in [-0.2, 0) is 21.4 Å². The van der Waals surface area contributed by atoms with Crippen LogP contribution in [0, 0.1) is 0 Å². The average Bonchev–Trinajstić information content (AvgIpc) is 2.90. The molecule has 1 aromatic heterocycles. The van der Waals surface area contributed by atoms with Crippen molar-refractivity contribution in [3.8, 4) is 0 Å². The number of nitrogens with zero attached hydrogens (tertiary/aromatic N) is 3. The van der Waals surface area contributed by atoms with Crippen molar-refractivity contribution < 1.29 is 14.3 Å². The van der Waals surface area contributed by atoms with Gasteiger partial charge in [-0.1, -0.05) is 6.92 Å². The quantitative estimate of drug-likeness (QED) is 0.781. The Kier molecular flexibility index (Phi) is 4.73. The minimum atomic E-state index is -0.569. The van der Waals surface area contributed by atoms with Crippen molar-refractivity contribution in [2.75, 3.05) is 26.3 Å². The molecule has 1 N–H and O–H groups in total. The Morgan fingerprint density at radius 2 is 2.15 bits per heavy atom. The maximum atomic E-state index is 12.0. The summed E-state index contributed by atoms with van der Waals surface area (Å²) in [5.74, 6) is -1.06. The zero-order chi connectivity index (χ0) is 14.5. The number of rotatable bonds is 3. The van der Waals surface area contributed by atoms with Gasteiger partial charge in [0.05, 0.1) is 24.9 Å². The van der Waals surface area contributed by atoms with Crippen molar-refractivity contribution in [1.29, 1.82) is 0 Å². The van der Waals surface area contributed by atoms with Crippen LogP contribution in [0.2, 0.25) is 0 Å². The van der Waals surface area contributed by atoms with Crippen LogP contribution in [0.5, 0.6) is 0 Å². The van der Waals surface area contributed by atoms with Gasteiger partial charge in [0.2, 0.25) is 0 Å². The predicted octanol–water partition coefficient (Wildman–Crippen LogP) is -0.154. The van der Waals surface area contributed by atoms with Crippen LogP contribution in [0.3, 0.4) is 0 Å². The van der Waals surface area contributed by atoms with Crippen LogP contribution in [0.15, 0.2) is 12.3 Å². The summed E-state index contributed by atoms with van der Waals surface area (Å²) < 4.78 is 6.87. The molecular formula is C13H20N4O3. The van der Waals surface area contributed by atoms with Crippen molar-refractivity contribution in [3.63, 3.8) is 0 Å². The third-order valence-electron chi connectivity index (χ3n) is 3.42. The Hall–Kier alpha value is -1.89. The number of morpholine rings is 1. The lowest BCUT2D eigenvalue weighted by atomic mass is 10.1. The Bertz CT molecular complexity index is 480. The fourth-order valence-corrected chi connectivity index (χ4v) is 2.24. The van der Waals surface area contributed by atoms with E-state index in [1.54, 1.807) is 10.9 Å². The first-order valence-corrected chi connectivity index (χ1v) is 6.79. The molecule has 1 atom stereocenters. The summed E-state index contributed by atoms with van der Waals surface area (Å²) in [5.41, 5.74) is 0.885. The summed E-state index contributed by atoms with van der Waals surface area (Å²) in [7, 11) is 1.81. The molecule has 7 nitrogen and oxygen atoms in total.